The van der Waals surface area contributed by atoms with Gasteiger partial charge in [-0.2, -0.15) is 8.42 Å². The lowest BCUT2D eigenvalue weighted by Gasteiger charge is -2.18. The summed E-state index contributed by atoms with van der Waals surface area (Å²) in [4.78, 5) is 22.4. The lowest BCUT2D eigenvalue weighted by atomic mass is 9.87. The Labute approximate surface area is 159 Å². The Balaban J connectivity index is 1.88. The molecule has 1 fully saturated rings. The molecular formula is C18H26N2O6S. The van der Waals surface area contributed by atoms with E-state index in [1.807, 2.05) is 4.72 Å². The summed E-state index contributed by atoms with van der Waals surface area (Å²) in [5.41, 5.74) is 0.246. The van der Waals surface area contributed by atoms with Crippen LogP contribution in [0.15, 0.2) is 18.2 Å². The van der Waals surface area contributed by atoms with E-state index in [0.29, 0.717) is 12.8 Å². The Kier molecular flexibility index (Phi) is 6.35. The zero-order valence-corrected chi connectivity index (χ0v) is 16.4. The number of nitrogens with zero attached hydrogens (tertiary/aromatic N) is 1. The molecule has 0 radical (unpaired) electrons. The lowest BCUT2D eigenvalue weighted by molar-refractivity contribution is -0.147. The molecule has 0 unspecified atom stereocenters. The Morgan fingerprint density at radius 2 is 1.89 bits per heavy atom. The molecule has 0 bridgehead atoms. The average Bonchev–Trinajstić information content (AvgIpc) is 2.84. The van der Waals surface area contributed by atoms with Crippen molar-refractivity contribution in [3.05, 3.63) is 23.8 Å². The van der Waals surface area contributed by atoms with Crippen molar-refractivity contribution in [2.75, 3.05) is 10.8 Å². The second-order valence-electron chi connectivity index (χ2n) is 7.46. The number of unbranched alkanes of at least 4 members (excludes halogenated alkanes) is 3. The topological polar surface area (TPSA) is 124 Å². The van der Waals surface area contributed by atoms with E-state index in [0.717, 1.165) is 35.6 Å². The van der Waals surface area contributed by atoms with E-state index >= 15 is 0 Å². The van der Waals surface area contributed by atoms with Gasteiger partial charge >= 0.3 is 16.2 Å². The molecule has 1 heterocycles. The third kappa shape index (κ3) is 5.35. The summed E-state index contributed by atoms with van der Waals surface area (Å²) in [6, 6.07) is 4.74. The van der Waals surface area contributed by atoms with E-state index in [1.165, 1.54) is 6.07 Å². The lowest BCUT2D eigenvalue weighted by Crippen LogP contribution is -2.29. The van der Waals surface area contributed by atoms with Crippen LogP contribution in [0.1, 0.15) is 51.5 Å². The van der Waals surface area contributed by atoms with Crippen LogP contribution in [0, 0.1) is 5.41 Å². The van der Waals surface area contributed by atoms with Gasteiger partial charge in [-0.15, -0.1) is 0 Å². The van der Waals surface area contributed by atoms with Gasteiger partial charge in [-0.1, -0.05) is 25.3 Å². The number of rotatable bonds is 9. The van der Waals surface area contributed by atoms with E-state index in [-0.39, 0.29) is 18.0 Å². The molecule has 3 N–H and O–H groups in total. The van der Waals surface area contributed by atoms with Crippen LogP contribution in [-0.2, 0) is 26.2 Å². The van der Waals surface area contributed by atoms with Crippen molar-refractivity contribution in [1.29, 1.82) is 0 Å². The van der Waals surface area contributed by atoms with Crippen LogP contribution in [0.5, 0.6) is 5.75 Å². The summed E-state index contributed by atoms with van der Waals surface area (Å²) in [6.45, 7) is 3.09. The number of aliphatic carboxylic acids is 1. The fraction of sp³-hybridized carbons (Fsp3) is 0.556. The first-order valence-electron chi connectivity index (χ1n) is 8.91. The fourth-order valence-electron chi connectivity index (χ4n) is 2.94. The van der Waals surface area contributed by atoms with Gasteiger partial charge in [0.2, 0.25) is 0 Å². The minimum atomic E-state index is -3.96. The van der Waals surface area contributed by atoms with Crippen molar-refractivity contribution in [3.8, 4) is 5.75 Å². The highest BCUT2D eigenvalue weighted by atomic mass is 32.2. The monoisotopic (exact) mass is 398 g/mol. The number of hydrogen-bond donors (Lipinski definition) is 3. The summed E-state index contributed by atoms with van der Waals surface area (Å²) in [5, 5.41) is 19.1. The van der Waals surface area contributed by atoms with E-state index in [1.54, 1.807) is 26.0 Å². The number of benzene rings is 1. The van der Waals surface area contributed by atoms with Gasteiger partial charge in [-0.05, 0) is 50.8 Å². The van der Waals surface area contributed by atoms with Gasteiger partial charge in [0.05, 0.1) is 11.1 Å². The summed E-state index contributed by atoms with van der Waals surface area (Å²) in [5.74, 6) is -1.62. The number of hydrogen-bond acceptors (Lipinski definition) is 5. The molecule has 8 nitrogen and oxygen atoms in total. The van der Waals surface area contributed by atoms with Crippen LogP contribution in [0.25, 0.3) is 0 Å². The summed E-state index contributed by atoms with van der Waals surface area (Å²) >= 11 is 0. The third-order valence-corrected chi connectivity index (χ3v) is 6.12. The number of aryl methyl sites for hydroxylation is 1. The molecule has 1 amide bonds. The Morgan fingerprint density at radius 1 is 1.22 bits per heavy atom. The number of anilines is 1. The molecule has 1 aromatic rings. The molecule has 0 spiro atoms. The molecule has 27 heavy (non-hydrogen) atoms. The number of carbonyl (C=O) groups excluding carboxylic acids is 1. The number of nitrogens with one attached hydrogen (secondary N) is 1. The molecule has 0 aliphatic carbocycles. The van der Waals surface area contributed by atoms with E-state index < -0.39 is 27.5 Å². The van der Waals surface area contributed by atoms with Crippen molar-refractivity contribution in [1.82, 2.24) is 4.72 Å². The largest absolute Gasteiger partial charge is 0.506 e. The molecule has 1 saturated heterocycles. The molecule has 1 aromatic carbocycles. The van der Waals surface area contributed by atoms with Gasteiger partial charge in [0, 0.05) is 0 Å². The first-order valence-corrected chi connectivity index (χ1v) is 10.4. The molecule has 2 rings (SSSR count). The van der Waals surface area contributed by atoms with Crippen LogP contribution in [-0.4, -0.2) is 37.1 Å². The van der Waals surface area contributed by atoms with Crippen molar-refractivity contribution in [3.63, 3.8) is 0 Å². The number of aromatic hydroxyl groups is 1. The molecule has 1 aliphatic heterocycles. The third-order valence-electron chi connectivity index (χ3n) is 4.72. The van der Waals surface area contributed by atoms with E-state index in [4.69, 9.17) is 5.11 Å². The van der Waals surface area contributed by atoms with Gasteiger partial charge in [0.15, 0.2) is 0 Å². The van der Waals surface area contributed by atoms with Crippen LogP contribution >= 0.6 is 0 Å². The van der Waals surface area contributed by atoms with E-state index in [9.17, 15) is 23.1 Å². The van der Waals surface area contributed by atoms with Gasteiger partial charge < -0.3 is 10.2 Å². The second kappa shape index (κ2) is 8.16. The number of carbonyl (C=O) groups is 2. The number of carboxylic acids is 1. The first kappa shape index (κ1) is 21.0. The predicted octanol–water partition coefficient (Wildman–Crippen LogP) is 2.18. The molecule has 0 saturated carbocycles. The maximum Gasteiger partial charge on any atom is 0.326 e. The SMILES string of the molecule is CC(C)(CCCCCCc1ccc(O)c(N2CC(=O)NS2(=O)=O)c1)C(=O)O. The molecule has 1 aliphatic rings. The van der Waals surface area contributed by atoms with E-state index in [2.05, 4.69) is 0 Å². The van der Waals surface area contributed by atoms with Gasteiger partial charge in [0.1, 0.15) is 12.3 Å². The van der Waals surface area contributed by atoms with Crippen LogP contribution in [0.4, 0.5) is 5.69 Å². The Bertz CT molecular complexity index is 819. The molecular weight excluding hydrogens is 372 g/mol. The maximum atomic E-state index is 11.9. The standard InChI is InChI=1S/C18H26N2O6S/c1-18(2,17(23)24)10-6-4-3-5-7-13-8-9-15(21)14(11-13)20-12-16(22)19-27(20,25)26/h8-9,11,21H,3-7,10,12H2,1-2H3,(H,19,22)(H,23,24). The zero-order chi connectivity index (χ0) is 20.2. The van der Waals surface area contributed by atoms with Crippen molar-refractivity contribution in [2.45, 2.75) is 52.4 Å². The highest BCUT2D eigenvalue weighted by molar-refractivity contribution is 7.92. The van der Waals surface area contributed by atoms with Crippen LogP contribution in [0.3, 0.4) is 0 Å². The van der Waals surface area contributed by atoms with Crippen LogP contribution in [0.2, 0.25) is 0 Å². The van der Waals surface area contributed by atoms with Crippen LogP contribution < -0.4 is 9.03 Å². The maximum absolute atomic E-state index is 11.9. The number of carboxylic acid groups (broad SMARTS) is 1. The quantitative estimate of drug-likeness (QED) is 0.548. The van der Waals surface area contributed by atoms with Crippen molar-refractivity contribution in [2.24, 2.45) is 5.41 Å². The fourth-order valence-corrected chi connectivity index (χ4v) is 4.10. The Morgan fingerprint density at radius 3 is 2.48 bits per heavy atom. The van der Waals surface area contributed by atoms with Gasteiger partial charge in [-0.25, -0.2) is 9.03 Å². The smallest absolute Gasteiger partial charge is 0.326 e. The minimum Gasteiger partial charge on any atom is -0.506 e. The van der Waals surface area contributed by atoms with Crippen molar-refractivity contribution < 1.29 is 28.2 Å². The first-order chi connectivity index (χ1) is 12.5. The summed E-state index contributed by atoms with van der Waals surface area (Å²) in [6.07, 6.45) is 4.86. The second-order valence-corrected chi connectivity index (χ2v) is 9.06. The normalized spacial score (nSPS) is 16.4. The Hall–Kier alpha value is -2.29. The molecule has 0 atom stereocenters. The molecule has 150 valence electrons. The minimum absolute atomic E-state index is 0.0917. The molecule has 0 aromatic heterocycles. The van der Waals surface area contributed by atoms with Gasteiger partial charge in [0.25, 0.3) is 5.91 Å². The highest BCUT2D eigenvalue weighted by Crippen LogP contribution is 2.32. The van der Waals surface area contributed by atoms with Gasteiger partial charge in [-0.3, -0.25) is 9.59 Å². The molecule has 9 heteroatoms. The predicted molar refractivity (Wildman–Crippen MR) is 101 cm³/mol. The number of phenols is 1. The van der Waals surface area contributed by atoms with Crippen molar-refractivity contribution >= 4 is 27.8 Å². The highest BCUT2D eigenvalue weighted by Gasteiger charge is 2.35. The average molecular weight is 398 g/mol. The number of phenolic OH excluding ortho intramolecular Hbond substituents is 1. The summed E-state index contributed by atoms with van der Waals surface area (Å²) < 4.78 is 26.6. The number of amides is 1. The zero-order valence-electron chi connectivity index (χ0n) is 15.6. The summed E-state index contributed by atoms with van der Waals surface area (Å²) in [7, 11) is -3.96.